The topological polar surface area (TPSA) is 131 Å². The molecule has 0 aromatic carbocycles. The molecular weight excluding hydrogens is 577 g/mol. The lowest BCUT2D eigenvalue weighted by Gasteiger charge is -2.36. The van der Waals surface area contributed by atoms with Gasteiger partial charge >= 0.3 is 18.0 Å². The number of terminal acetylenes is 1. The normalized spacial score (nSPS) is 24.0. The molecule has 0 saturated heterocycles. The monoisotopic (exact) mass is 627 g/mol. The van der Waals surface area contributed by atoms with Crippen LogP contribution in [0.1, 0.15) is 104 Å². The smallest absolute Gasteiger partial charge is 0.312 e. The Morgan fingerprint density at radius 3 is 2.13 bits per heavy atom. The third-order valence-corrected chi connectivity index (χ3v) is 9.93. The molecule has 0 spiro atoms. The molecule has 2 aliphatic rings. The number of methoxy groups -OCH3 is 1. The lowest BCUT2D eigenvalue weighted by atomic mass is 9.80. The fourth-order valence-electron chi connectivity index (χ4n) is 6.90. The van der Waals surface area contributed by atoms with Gasteiger partial charge in [0.2, 0.25) is 5.60 Å². The number of nitrogens with two attached hydrogens (primary N) is 1. The molecular formula is C34H50FN5O5. The fraction of sp³-hybridized carbons (Fsp3) is 0.735. The molecule has 4 rings (SSSR count). The van der Waals surface area contributed by atoms with Crippen molar-refractivity contribution in [1.29, 1.82) is 0 Å². The molecule has 11 heteroatoms. The zero-order valence-corrected chi connectivity index (χ0v) is 27.1. The molecule has 2 saturated carbocycles. The maximum atomic E-state index is 14.1. The summed E-state index contributed by atoms with van der Waals surface area (Å²) in [6, 6.07) is 0. The molecule has 2 aromatic rings. The molecule has 2 atom stereocenters. The van der Waals surface area contributed by atoms with E-state index < -0.39 is 17.8 Å². The molecule has 10 nitrogen and oxygen atoms in total. The predicted molar refractivity (Wildman–Crippen MR) is 169 cm³/mol. The van der Waals surface area contributed by atoms with Gasteiger partial charge in [-0.2, -0.15) is 14.4 Å². The minimum atomic E-state index is -1.62. The van der Waals surface area contributed by atoms with E-state index in [-0.39, 0.29) is 53.9 Å². The summed E-state index contributed by atoms with van der Waals surface area (Å²) in [4.78, 5) is 38.5. The number of ether oxygens (including phenoxy) is 3. The van der Waals surface area contributed by atoms with Crippen LogP contribution in [0.5, 0.6) is 0 Å². The minimum absolute atomic E-state index is 0.0812. The minimum Gasteiger partial charge on any atom is -0.461 e. The van der Waals surface area contributed by atoms with Gasteiger partial charge in [-0.3, -0.25) is 9.59 Å². The third kappa shape index (κ3) is 8.72. The van der Waals surface area contributed by atoms with Crippen molar-refractivity contribution in [2.45, 2.75) is 122 Å². The molecule has 248 valence electrons. The van der Waals surface area contributed by atoms with Crippen molar-refractivity contribution in [1.82, 2.24) is 19.5 Å². The first-order chi connectivity index (χ1) is 21.7. The Morgan fingerprint density at radius 1 is 1.02 bits per heavy atom. The van der Waals surface area contributed by atoms with Crippen LogP contribution in [0.15, 0.2) is 6.33 Å². The van der Waals surface area contributed by atoms with Crippen LogP contribution in [-0.2, 0) is 30.3 Å². The first kappa shape index (κ1) is 34.6. The van der Waals surface area contributed by atoms with E-state index in [1.165, 1.54) is 50.1 Å². The highest BCUT2D eigenvalue weighted by Gasteiger charge is 2.44. The fourth-order valence-corrected chi connectivity index (χ4v) is 6.90. The van der Waals surface area contributed by atoms with E-state index in [0.717, 1.165) is 57.8 Å². The van der Waals surface area contributed by atoms with Crippen LogP contribution in [0, 0.1) is 42.1 Å². The van der Waals surface area contributed by atoms with Crippen LogP contribution < -0.4 is 5.73 Å². The zero-order valence-electron chi connectivity index (χ0n) is 27.1. The molecule has 2 N–H and O–H groups in total. The van der Waals surface area contributed by atoms with Crippen molar-refractivity contribution in [3.05, 3.63) is 12.4 Å². The molecule has 0 bridgehead atoms. The van der Waals surface area contributed by atoms with Crippen molar-refractivity contribution < 1.29 is 28.2 Å². The van der Waals surface area contributed by atoms with Gasteiger partial charge in [0.25, 0.3) is 0 Å². The maximum Gasteiger partial charge on any atom is 0.312 e. The predicted octanol–water partition coefficient (Wildman–Crippen LogP) is 6.01. The van der Waals surface area contributed by atoms with Crippen LogP contribution in [0.4, 0.5) is 10.2 Å². The summed E-state index contributed by atoms with van der Waals surface area (Å²) in [6.07, 6.45) is 19.4. The van der Waals surface area contributed by atoms with Gasteiger partial charge in [-0.05, 0) is 63.2 Å². The van der Waals surface area contributed by atoms with Gasteiger partial charge < -0.3 is 24.5 Å². The maximum absolute atomic E-state index is 14.1. The van der Waals surface area contributed by atoms with Gasteiger partial charge in [-0.25, -0.2) is 4.98 Å². The van der Waals surface area contributed by atoms with Gasteiger partial charge in [0, 0.05) is 7.11 Å². The van der Waals surface area contributed by atoms with E-state index in [9.17, 15) is 14.0 Å². The summed E-state index contributed by atoms with van der Waals surface area (Å²) in [5.41, 5.74) is 4.59. The van der Waals surface area contributed by atoms with E-state index >= 15 is 0 Å². The summed E-state index contributed by atoms with van der Waals surface area (Å²) in [5.74, 6) is 2.59. The second kappa shape index (κ2) is 16.3. The Hall–Kier alpha value is -3.26. The Labute approximate surface area is 266 Å². The van der Waals surface area contributed by atoms with Crippen LogP contribution >= 0.6 is 0 Å². The van der Waals surface area contributed by atoms with Gasteiger partial charge in [-0.15, -0.1) is 6.42 Å². The van der Waals surface area contributed by atoms with E-state index in [0.29, 0.717) is 11.8 Å². The van der Waals surface area contributed by atoms with Gasteiger partial charge in [0.05, 0.1) is 24.7 Å². The number of nitrogen functional groups attached to an aromatic ring is 1. The number of nitrogens with zero attached hydrogens (tertiary/aromatic N) is 4. The lowest BCUT2D eigenvalue weighted by molar-refractivity contribution is -0.180. The number of imidazole rings is 1. The molecule has 2 aliphatic carbocycles. The van der Waals surface area contributed by atoms with E-state index in [1.54, 1.807) is 0 Å². The molecule has 1 unspecified atom stereocenters. The molecule has 2 heterocycles. The zero-order chi connectivity index (χ0) is 32.4. The number of hydrogen-bond acceptors (Lipinski definition) is 9. The first-order valence-electron chi connectivity index (χ1n) is 16.8. The lowest BCUT2D eigenvalue weighted by Crippen LogP contribution is -2.52. The number of halogens is 1. The molecule has 45 heavy (non-hydrogen) atoms. The number of carbonyl (C=O) groups excluding carboxylic acids is 2. The third-order valence-electron chi connectivity index (χ3n) is 9.93. The summed E-state index contributed by atoms with van der Waals surface area (Å²) < 4.78 is 33.5. The number of rotatable bonds is 15. The molecule has 0 radical (unpaired) electrons. The first-order valence-corrected chi connectivity index (χ1v) is 16.8. The van der Waals surface area contributed by atoms with Crippen molar-refractivity contribution in [3.8, 4) is 12.3 Å². The highest BCUT2D eigenvalue weighted by atomic mass is 19.1. The second-order valence-corrected chi connectivity index (χ2v) is 12.9. The highest BCUT2D eigenvalue weighted by Crippen LogP contribution is 2.35. The number of unbranched alkanes of at least 4 members (excludes halogenated alkanes) is 2. The summed E-state index contributed by atoms with van der Waals surface area (Å²) in [5, 5.41) is 0. The van der Waals surface area contributed by atoms with Crippen LogP contribution in [0.2, 0.25) is 0 Å². The van der Waals surface area contributed by atoms with E-state index in [4.69, 9.17) is 26.4 Å². The summed E-state index contributed by atoms with van der Waals surface area (Å²) in [7, 11) is 1.40. The average Bonchev–Trinajstić information content (AvgIpc) is 3.46. The second-order valence-electron chi connectivity index (χ2n) is 12.9. The van der Waals surface area contributed by atoms with Crippen LogP contribution in [0.3, 0.4) is 0 Å². The molecule has 0 amide bonds. The highest BCUT2D eigenvalue weighted by molar-refractivity contribution is 5.81. The quantitative estimate of drug-likeness (QED) is 0.143. The Morgan fingerprint density at radius 2 is 1.60 bits per heavy atom. The number of anilines is 1. The largest absolute Gasteiger partial charge is 0.461 e. The van der Waals surface area contributed by atoms with Crippen LogP contribution in [0.25, 0.3) is 11.2 Å². The Kier molecular flexibility index (Phi) is 12.6. The Balaban J connectivity index is 1.51. The average molecular weight is 628 g/mol. The van der Waals surface area contributed by atoms with Crippen LogP contribution in [-0.4, -0.2) is 56.9 Å². The van der Waals surface area contributed by atoms with Crippen molar-refractivity contribution in [2.24, 2.45) is 23.7 Å². The number of aromatic nitrogens is 4. The van der Waals surface area contributed by atoms with E-state index in [1.807, 2.05) is 0 Å². The van der Waals surface area contributed by atoms with E-state index in [2.05, 4.69) is 34.7 Å². The van der Waals surface area contributed by atoms with Gasteiger partial charge in [-0.1, -0.05) is 58.3 Å². The molecule has 0 aliphatic heterocycles. The van der Waals surface area contributed by atoms with Crippen molar-refractivity contribution in [3.63, 3.8) is 0 Å². The Bertz CT molecular complexity index is 1310. The van der Waals surface area contributed by atoms with Gasteiger partial charge in [0.1, 0.15) is 12.1 Å². The SMILES string of the molecule is C#CC(COC(=O)C1CCC(CCCC)CC1)(OC)[C@H](Cn1cnc2c(N)nc(F)nc21)OC(=O)C1CCC(CCCC)CC1. The van der Waals surface area contributed by atoms with Crippen molar-refractivity contribution in [2.75, 3.05) is 19.5 Å². The summed E-state index contributed by atoms with van der Waals surface area (Å²) >= 11 is 0. The molecule has 2 aromatic heterocycles. The number of carbonyl (C=O) groups is 2. The van der Waals surface area contributed by atoms with Gasteiger partial charge in [0.15, 0.2) is 17.6 Å². The summed E-state index contributed by atoms with van der Waals surface area (Å²) in [6.45, 7) is 3.98. The van der Waals surface area contributed by atoms with Crippen molar-refractivity contribution >= 4 is 28.9 Å². The molecule has 2 fully saturated rings. The standard InChI is InChI=1S/C34H50FN5O5/c1-5-8-10-23-12-16-25(17-13-23)31(41)44-21-34(7-3,43-4)27(20-40-22-37-28-29(36)38-33(35)39-30(28)40)45-32(42)26-18-14-24(15-19-26)11-9-6-2/h3,22-27H,5-6,8-21H2,1-2,4H3,(H2,36,38,39)/t23?,24?,25?,26?,27-,34?/m0/s1. The number of fused-ring (bicyclic) bond motifs is 1. The number of esters is 2. The number of hydrogen-bond donors (Lipinski definition) is 1.